The minimum absolute atomic E-state index is 0.168. The molecule has 19 heavy (non-hydrogen) atoms. The van der Waals surface area contributed by atoms with Crippen molar-refractivity contribution < 1.29 is 9.53 Å². The molecule has 0 aromatic carbocycles. The molecule has 1 aromatic heterocycles. The van der Waals surface area contributed by atoms with Crippen molar-refractivity contribution in [3.05, 3.63) is 23.9 Å². The number of methoxy groups -OCH3 is 1. The van der Waals surface area contributed by atoms with Crippen LogP contribution in [0, 0.1) is 0 Å². The third kappa shape index (κ3) is 3.67. The number of hydrogen-bond donors (Lipinski definition) is 0. The highest BCUT2D eigenvalue weighted by molar-refractivity contribution is 5.71. The number of ether oxygens (including phenoxy) is 1. The number of carbonyl (C=O) groups is 1. The molecule has 0 atom stereocenters. The Morgan fingerprint density at radius 2 is 2.05 bits per heavy atom. The molecule has 0 radical (unpaired) electrons. The fraction of sp³-hybridized carbons (Fsp3) is 0.571. The molecule has 1 aliphatic heterocycles. The van der Waals surface area contributed by atoms with E-state index in [-0.39, 0.29) is 5.97 Å². The lowest BCUT2D eigenvalue weighted by Gasteiger charge is -2.34. The average Bonchev–Trinajstić information content (AvgIpc) is 2.48. The third-order valence-electron chi connectivity index (χ3n) is 3.49. The minimum Gasteiger partial charge on any atom is -0.468 e. The molecule has 0 saturated carbocycles. The fourth-order valence-electron chi connectivity index (χ4n) is 2.20. The van der Waals surface area contributed by atoms with Crippen LogP contribution in [0.2, 0.25) is 0 Å². The molecule has 1 aromatic rings. The Hall–Kier alpha value is -1.62. The quantitative estimate of drug-likeness (QED) is 0.757. The van der Waals surface area contributed by atoms with Gasteiger partial charge in [0.05, 0.1) is 13.7 Å². The first-order valence-electron chi connectivity index (χ1n) is 6.72. The largest absolute Gasteiger partial charge is 0.468 e. The van der Waals surface area contributed by atoms with Gasteiger partial charge in [-0.3, -0.25) is 9.69 Å². The monoisotopic (exact) mass is 263 g/mol. The predicted octanol–water partition coefficient (Wildman–Crippen LogP) is 0.939. The molecule has 0 aliphatic carbocycles. The number of carbonyl (C=O) groups excluding carboxylic acids is 1. The highest BCUT2D eigenvalue weighted by atomic mass is 16.5. The second-order valence-electron chi connectivity index (χ2n) is 4.72. The van der Waals surface area contributed by atoms with E-state index in [9.17, 15) is 4.79 Å². The first kappa shape index (κ1) is 13.8. The van der Waals surface area contributed by atoms with E-state index in [1.54, 1.807) is 0 Å². The number of aryl methyl sites for hydroxylation is 1. The number of esters is 1. The van der Waals surface area contributed by atoms with E-state index >= 15 is 0 Å². The van der Waals surface area contributed by atoms with Crippen molar-refractivity contribution in [2.45, 2.75) is 13.3 Å². The van der Waals surface area contributed by atoms with Crippen LogP contribution in [0.4, 0.5) is 5.82 Å². The van der Waals surface area contributed by atoms with Crippen LogP contribution in [-0.4, -0.2) is 55.7 Å². The number of hydrogen-bond acceptors (Lipinski definition) is 5. The minimum atomic E-state index is -0.168. The molecule has 1 fully saturated rings. The van der Waals surface area contributed by atoms with Crippen LogP contribution in [-0.2, 0) is 16.0 Å². The highest BCUT2D eigenvalue weighted by Crippen LogP contribution is 2.14. The molecule has 0 spiro atoms. The zero-order valence-electron chi connectivity index (χ0n) is 11.6. The number of nitrogens with zero attached hydrogens (tertiary/aromatic N) is 3. The lowest BCUT2D eigenvalue weighted by atomic mass is 10.2. The van der Waals surface area contributed by atoms with Crippen LogP contribution in [0.25, 0.3) is 0 Å². The predicted molar refractivity (Wildman–Crippen MR) is 74.3 cm³/mol. The van der Waals surface area contributed by atoms with Gasteiger partial charge in [-0.1, -0.05) is 13.0 Å². The molecular weight excluding hydrogens is 242 g/mol. The van der Waals surface area contributed by atoms with E-state index in [1.165, 1.54) is 12.7 Å². The van der Waals surface area contributed by atoms with E-state index in [1.807, 2.05) is 6.20 Å². The number of pyridine rings is 1. The third-order valence-corrected chi connectivity index (χ3v) is 3.49. The number of anilines is 1. The maximum Gasteiger partial charge on any atom is 0.319 e. The Bertz CT molecular complexity index is 411. The Kier molecular flexibility index (Phi) is 4.74. The summed E-state index contributed by atoms with van der Waals surface area (Å²) in [5.41, 5.74) is 1.26. The van der Waals surface area contributed by atoms with Gasteiger partial charge in [0.15, 0.2) is 0 Å². The fourth-order valence-corrected chi connectivity index (χ4v) is 2.20. The van der Waals surface area contributed by atoms with Gasteiger partial charge in [-0.25, -0.2) is 4.98 Å². The zero-order chi connectivity index (χ0) is 13.7. The van der Waals surface area contributed by atoms with Gasteiger partial charge in [0, 0.05) is 32.4 Å². The molecule has 5 heteroatoms. The second kappa shape index (κ2) is 6.52. The lowest BCUT2D eigenvalue weighted by Crippen LogP contribution is -2.48. The van der Waals surface area contributed by atoms with E-state index in [0.29, 0.717) is 6.54 Å². The van der Waals surface area contributed by atoms with Crippen LogP contribution >= 0.6 is 0 Å². The maximum absolute atomic E-state index is 11.2. The van der Waals surface area contributed by atoms with E-state index in [2.05, 4.69) is 38.6 Å². The first-order chi connectivity index (χ1) is 9.22. The molecule has 5 nitrogen and oxygen atoms in total. The van der Waals surface area contributed by atoms with Crippen LogP contribution in [0.15, 0.2) is 18.3 Å². The standard InChI is InChI=1S/C14H21N3O2/c1-3-12-4-5-13(15-10-12)17-8-6-16(7-9-17)11-14(18)19-2/h4-5,10H,3,6-9,11H2,1-2H3. The molecule has 0 N–H and O–H groups in total. The molecule has 1 saturated heterocycles. The smallest absolute Gasteiger partial charge is 0.319 e. The molecule has 2 rings (SSSR count). The Balaban J connectivity index is 1.86. The first-order valence-corrected chi connectivity index (χ1v) is 6.72. The van der Waals surface area contributed by atoms with Crippen molar-refractivity contribution in [3.8, 4) is 0 Å². The maximum atomic E-state index is 11.2. The summed E-state index contributed by atoms with van der Waals surface area (Å²) in [7, 11) is 1.43. The number of rotatable bonds is 4. The van der Waals surface area contributed by atoms with Gasteiger partial charge < -0.3 is 9.64 Å². The van der Waals surface area contributed by atoms with Crippen LogP contribution in [0.5, 0.6) is 0 Å². The van der Waals surface area contributed by atoms with Gasteiger partial charge in [0.2, 0.25) is 0 Å². The molecular formula is C14H21N3O2. The normalized spacial score (nSPS) is 16.4. The van der Waals surface area contributed by atoms with Crippen molar-refractivity contribution in [1.29, 1.82) is 0 Å². The van der Waals surface area contributed by atoms with Crippen molar-refractivity contribution in [2.24, 2.45) is 0 Å². The Morgan fingerprint density at radius 1 is 1.32 bits per heavy atom. The lowest BCUT2D eigenvalue weighted by molar-refractivity contribution is -0.142. The van der Waals surface area contributed by atoms with Crippen molar-refractivity contribution >= 4 is 11.8 Å². The molecule has 0 bridgehead atoms. The summed E-state index contributed by atoms with van der Waals surface area (Å²) in [5.74, 6) is 0.855. The van der Waals surface area contributed by atoms with Crippen LogP contribution in [0.3, 0.4) is 0 Å². The SMILES string of the molecule is CCc1ccc(N2CCN(CC(=O)OC)CC2)nc1. The topological polar surface area (TPSA) is 45.7 Å². The van der Waals surface area contributed by atoms with E-state index < -0.39 is 0 Å². The number of aromatic nitrogens is 1. The molecule has 0 unspecified atom stereocenters. The van der Waals surface area contributed by atoms with Crippen LogP contribution < -0.4 is 4.90 Å². The van der Waals surface area contributed by atoms with Gasteiger partial charge >= 0.3 is 5.97 Å². The Labute approximate surface area is 114 Å². The van der Waals surface area contributed by atoms with Gasteiger partial charge in [-0.05, 0) is 18.1 Å². The zero-order valence-corrected chi connectivity index (χ0v) is 11.6. The van der Waals surface area contributed by atoms with Gasteiger partial charge in [-0.15, -0.1) is 0 Å². The summed E-state index contributed by atoms with van der Waals surface area (Å²) in [6.45, 7) is 6.04. The summed E-state index contributed by atoms with van der Waals surface area (Å²) in [4.78, 5) is 20.1. The highest BCUT2D eigenvalue weighted by Gasteiger charge is 2.19. The molecule has 104 valence electrons. The summed E-state index contributed by atoms with van der Waals surface area (Å²) in [5, 5.41) is 0. The molecule has 1 aliphatic rings. The second-order valence-corrected chi connectivity index (χ2v) is 4.72. The van der Waals surface area contributed by atoms with E-state index in [4.69, 9.17) is 0 Å². The van der Waals surface area contributed by atoms with Gasteiger partial charge in [0.25, 0.3) is 0 Å². The Morgan fingerprint density at radius 3 is 2.58 bits per heavy atom. The summed E-state index contributed by atoms with van der Waals surface area (Å²) < 4.78 is 4.68. The average molecular weight is 263 g/mol. The van der Waals surface area contributed by atoms with Crippen molar-refractivity contribution in [2.75, 3.05) is 44.7 Å². The van der Waals surface area contributed by atoms with Gasteiger partial charge in [-0.2, -0.15) is 0 Å². The van der Waals surface area contributed by atoms with Crippen LogP contribution in [0.1, 0.15) is 12.5 Å². The van der Waals surface area contributed by atoms with Gasteiger partial charge in [0.1, 0.15) is 5.82 Å². The summed E-state index contributed by atoms with van der Waals surface area (Å²) >= 11 is 0. The summed E-state index contributed by atoms with van der Waals surface area (Å²) in [6.07, 6.45) is 2.95. The molecule has 0 amide bonds. The summed E-state index contributed by atoms with van der Waals surface area (Å²) in [6, 6.07) is 4.21. The van der Waals surface area contributed by atoms with Crippen molar-refractivity contribution in [1.82, 2.24) is 9.88 Å². The van der Waals surface area contributed by atoms with E-state index in [0.717, 1.165) is 38.4 Å². The molecule has 2 heterocycles. The number of piperazine rings is 1. The van der Waals surface area contributed by atoms with Crippen molar-refractivity contribution in [3.63, 3.8) is 0 Å².